The molecule has 6 nitrogen and oxygen atoms in total. The van der Waals surface area contributed by atoms with Crippen molar-refractivity contribution in [2.75, 3.05) is 13.2 Å². The Morgan fingerprint density at radius 3 is 1.04 bits per heavy atom. The summed E-state index contributed by atoms with van der Waals surface area (Å²) in [6.07, 6.45) is 48.9. The molecule has 320 valence electrons. The average Bonchev–Trinajstić information content (AvgIpc) is 3.18. The van der Waals surface area contributed by atoms with Gasteiger partial charge in [0.2, 0.25) is 0 Å². The highest BCUT2D eigenvalue weighted by Crippen LogP contribution is 2.14. The monoisotopic (exact) mass is 773 g/mol. The predicted octanol–water partition coefficient (Wildman–Crippen LogP) is 15.0. The lowest BCUT2D eigenvalue weighted by molar-refractivity contribution is -0.167. The van der Waals surface area contributed by atoms with E-state index in [1.54, 1.807) is 0 Å². The van der Waals surface area contributed by atoms with Crippen molar-refractivity contribution < 1.29 is 28.6 Å². The second kappa shape index (κ2) is 44.3. The smallest absolute Gasteiger partial charge is 0.306 e. The highest BCUT2D eigenvalue weighted by molar-refractivity contribution is 5.71. The van der Waals surface area contributed by atoms with Crippen molar-refractivity contribution in [2.45, 2.75) is 245 Å². The van der Waals surface area contributed by atoms with E-state index in [2.05, 4.69) is 44.7 Å². The maximum atomic E-state index is 12.7. The fourth-order valence-corrected chi connectivity index (χ4v) is 6.65. The Kier molecular flexibility index (Phi) is 42.4. The number of ether oxygens (including phenoxy) is 3. The maximum absolute atomic E-state index is 12.7. The summed E-state index contributed by atoms with van der Waals surface area (Å²) in [6, 6.07) is 0. The quantitative estimate of drug-likeness (QED) is 0.0266. The predicted molar refractivity (Wildman–Crippen MR) is 233 cm³/mol. The molecule has 55 heavy (non-hydrogen) atoms. The molecule has 0 rings (SSSR count). The van der Waals surface area contributed by atoms with Crippen molar-refractivity contribution in [3.8, 4) is 0 Å². The van der Waals surface area contributed by atoms with Gasteiger partial charge in [0.05, 0.1) is 0 Å². The highest BCUT2D eigenvalue weighted by Gasteiger charge is 2.19. The third-order valence-electron chi connectivity index (χ3n) is 10.2. The molecular formula is C49H88O6. The van der Waals surface area contributed by atoms with Gasteiger partial charge in [0.1, 0.15) is 13.2 Å². The SMILES string of the molecule is C=CCCCCCCCC(=O)OCC(COC(=O)CCCCCCCC=CCCCCCCCC)OC(=O)CCCCCCCC=CCCCCCCCC. The van der Waals surface area contributed by atoms with Gasteiger partial charge in [-0.25, -0.2) is 0 Å². The third kappa shape index (κ3) is 42.6. The van der Waals surface area contributed by atoms with Gasteiger partial charge in [-0.2, -0.15) is 0 Å². The van der Waals surface area contributed by atoms with Crippen LogP contribution in [0.2, 0.25) is 0 Å². The molecule has 0 spiro atoms. The van der Waals surface area contributed by atoms with E-state index >= 15 is 0 Å². The number of carbonyl (C=O) groups excluding carboxylic acids is 3. The van der Waals surface area contributed by atoms with Crippen molar-refractivity contribution in [3.63, 3.8) is 0 Å². The molecule has 0 N–H and O–H groups in total. The van der Waals surface area contributed by atoms with Gasteiger partial charge in [-0.15, -0.1) is 6.58 Å². The zero-order valence-electron chi connectivity index (χ0n) is 36.3. The fourth-order valence-electron chi connectivity index (χ4n) is 6.65. The van der Waals surface area contributed by atoms with Crippen LogP contribution in [0.5, 0.6) is 0 Å². The number of hydrogen-bond donors (Lipinski definition) is 0. The molecule has 0 fully saturated rings. The molecule has 0 aliphatic rings. The first-order valence-corrected chi connectivity index (χ1v) is 23.4. The van der Waals surface area contributed by atoms with Crippen molar-refractivity contribution in [3.05, 3.63) is 37.0 Å². The molecule has 0 heterocycles. The standard InChI is InChI=1S/C49H88O6/c1-4-7-10-13-16-18-20-22-24-26-28-30-33-36-39-42-48(51)54-45-46(44-53-47(50)41-38-35-32-15-12-9-6-3)55-49(52)43-40-37-34-31-29-27-25-23-21-19-17-14-11-8-5-2/h6,22-25,46H,3-5,7-21,26-45H2,1-2H3. The van der Waals surface area contributed by atoms with Crippen LogP contribution in [-0.4, -0.2) is 37.2 Å². The number of rotatable bonds is 43. The Balaban J connectivity index is 4.30. The molecule has 0 aliphatic carbocycles. The lowest BCUT2D eigenvalue weighted by atomic mass is 10.1. The minimum atomic E-state index is -0.781. The van der Waals surface area contributed by atoms with Crippen LogP contribution in [0.4, 0.5) is 0 Å². The van der Waals surface area contributed by atoms with Crippen LogP contribution in [-0.2, 0) is 28.6 Å². The maximum Gasteiger partial charge on any atom is 0.306 e. The Morgan fingerprint density at radius 1 is 0.400 bits per heavy atom. The van der Waals surface area contributed by atoms with Gasteiger partial charge in [-0.3, -0.25) is 14.4 Å². The molecule has 0 saturated heterocycles. The first-order chi connectivity index (χ1) is 27.0. The van der Waals surface area contributed by atoms with Gasteiger partial charge in [0, 0.05) is 19.3 Å². The largest absolute Gasteiger partial charge is 0.462 e. The second-order valence-electron chi connectivity index (χ2n) is 15.7. The van der Waals surface area contributed by atoms with Crippen LogP contribution < -0.4 is 0 Å². The van der Waals surface area contributed by atoms with E-state index in [1.165, 1.54) is 109 Å². The van der Waals surface area contributed by atoms with Crippen molar-refractivity contribution in [1.29, 1.82) is 0 Å². The summed E-state index contributed by atoms with van der Waals surface area (Å²) >= 11 is 0. The summed E-state index contributed by atoms with van der Waals surface area (Å²) in [5.74, 6) is -0.922. The fraction of sp³-hybridized carbons (Fsp3) is 0.816. The lowest BCUT2D eigenvalue weighted by Crippen LogP contribution is -2.30. The third-order valence-corrected chi connectivity index (χ3v) is 10.2. The summed E-state index contributed by atoms with van der Waals surface area (Å²) in [4.78, 5) is 37.6. The molecule has 0 aliphatic heterocycles. The van der Waals surface area contributed by atoms with Crippen LogP contribution in [0, 0.1) is 0 Å². The molecule has 6 heteroatoms. The van der Waals surface area contributed by atoms with Crippen LogP contribution in [0.1, 0.15) is 239 Å². The zero-order valence-corrected chi connectivity index (χ0v) is 36.3. The van der Waals surface area contributed by atoms with Crippen LogP contribution in [0.15, 0.2) is 37.0 Å². The minimum absolute atomic E-state index is 0.0847. The molecule has 0 bridgehead atoms. The number of unbranched alkanes of at least 4 members (excludes halogenated alkanes) is 27. The van der Waals surface area contributed by atoms with Gasteiger partial charge in [-0.1, -0.05) is 166 Å². The van der Waals surface area contributed by atoms with E-state index in [0.717, 1.165) is 96.3 Å². The Labute approximate surface area is 340 Å². The zero-order chi connectivity index (χ0) is 40.1. The molecule has 0 aromatic heterocycles. The Morgan fingerprint density at radius 2 is 0.691 bits per heavy atom. The van der Waals surface area contributed by atoms with E-state index in [-0.39, 0.29) is 31.1 Å². The molecule has 1 atom stereocenters. The summed E-state index contributed by atoms with van der Waals surface area (Å²) in [5.41, 5.74) is 0. The first kappa shape index (κ1) is 52.6. The lowest BCUT2D eigenvalue weighted by Gasteiger charge is -2.18. The second-order valence-corrected chi connectivity index (χ2v) is 15.7. The van der Waals surface area contributed by atoms with E-state index in [9.17, 15) is 14.4 Å². The molecule has 0 amide bonds. The normalized spacial score (nSPS) is 12.0. The summed E-state index contributed by atoms with van der Waals surface area (Å²) in [5, 5.41) is 0. The van der Waals surface area contributed by atoms with Gasteiger partial charge >= 0.3 is 17.9 Å². The summed E-state index contributed by atoms with van der Waals surface area (Å²) in [6.45, 7) is 8.11. The molecule has 0 aromatic carbocycles. The van der Waals surface area contributed by atoms with E-state index in [0.29, 0.717) is 19.3 Å². The molecular weight excluding hydrogens is 685 g/mol. The minimum Gasteiger partial charge on any atom is -0.462 e. The van der Waals surface area contributed by atoms with Crippen molar-refractivity contribution >= 4 is 17.9 Å². The number of hydrogen-bond acceptors (Lipinski definition) is 6. The Hall–Kier alpha value is -2.37. The number of allylic oxidation sites excluding steroid dienone is 5. The van der Waals surface area contributed by atoms with Gasteiger partial charge in [0.15, 0.2) is 6.10 Å². The summed E-state index contributed by atoms with van der Waals surface area (Å²) in [7, 11) is 0. The van der Waals surface area contributed by atoms with Crippen LogP contribution >= 0.6 is 0 Å². The van der Waals surface area contributed by atoms with Crippen molar-refractivity contribution in [1.82, 2.24) is 0 Å². The first-order valence-electron chi connectivity index (χ1n) is 23.4. The topological polar surface area (TPSA) is 78.9 Å². The number of carbonyl (C=O) groups is 3. The van der Waals surface area contributed by atoms with Crippen LogP contribution in [0.25, 0.3) is 0 Å². The average molecular weight is 773 g/mol. The Bertz CT molecular complexity index is 924. The number of esters is 3. The van der Waals surface area contributed by atoms with Gasteiger partial charge in [0.25, 0.3) is 0 Å². The van der Waals surface area contributed by atoms with E-state index in [4.69, 9.17) is 14.2 Å². The molecule has 0 aromatic rings. The van der Waals surface area contributed by atoms with E-state index in [1.807, 2.05) is 6.08 Å². The summed E-state index contributed by atoms with van der Waals surface area (Å²) < 4.78 is 16.6. The van der Waals surface area contributed by atoms with Gasteiger partial charge in [-0.05, 0) is 83.5 Å². The van der Waals surface area contributed by atoms with Gasteiger partial charge < -0.3 is 14.2 Å². The molecule has 0 saturated carbocycles. The van der Waals surface area contributed by atoms with Crippen molar-refractivity contribution in [2.24, 2.45) is 0 Å². The van der Waals surface area contributed by atoms with E-state index < -0.39 is 6.10 Å². The molecule has 0 radical (unpaired) electrons. The molecule has 1 unspecified atom stereocenters. The highest BCUT2D eigenvalue weighted by atomic mass is 16.6. The van der Waals surface area contributed by atoms with Crippen LogP contribution in [0.3, 0.4) is 0 Å².